The number of aromatic hydroxyl groups is 1. The lowest BCUT2D eigenvalue weighted by molar-refractivity contribution is -0.123. The number of carbonyl (C=O) groups is 2. The first-order valence-electron chi connectivity index (χ1n) is 13.9. The molecule has 0 aliphatic heterocycles. The van der Waals surface area contributed by atoms with Crippen molar-refractivity contribution >= 4 is 22.8 Å². The van der Waals surface area contributed by atoms with Gasteiger partial charge in [0.2, 0.25) is 5.91 Å². The number of carbonyl (C=O) groups excluding carboxylic acids is 2. The molecule has 2 amide bonds. The van der Waals surface area contributed by atoms with Crippen LogP contribution in [0.4, 0.5) is 0 Å². The largest absolute Gasteiger partial charge is 0.508 e. The Bertz CT molecular complexity index is 1440. The Balaban J connectivity index is 1.41. The van der Waals surface area contributed by atoms with Gasteiger partial charge < -0.3 is 29.6 Å². The first-order chi connectivity index (χ1) is 19.4. The van der Waals surface area contributed by atoms with Crippen LogP contribution in [0, 0.1) is 0 Å². The van der Waals surface area contributed by atoms with E-state index in [-0.39, 0.29) is 17.6 Å². The molecule has 2 aromatic heterocycles. The summed E-state index contributed by atoms with van der Waals surface area (Å²) in [7, 11) is 3.87. The van der Waals surface area contributed by atoms with Gasteiger partial charge in [-0.3, -0.25) is 9.59 Å². The van der Waals surface area contributed by atoms with Crippen LogP contribution in [0.5, 0.6) is 5.75 Å². The molecule has 1 aliphatic carbocycles. The maximum Gasteiger partial charge on any atom is 0.252 e. The Morgan fingerprint density at radius 1 is 1.10 bits per heavy atom. The summed E-state index contributed by atoms with van der Waals surface area (Å²) < 4.78 is 7.66. The second-order valence-electron chi connectivity index (χ2n) is 10.8. The van der Waals surface area contributed by atoms with Gasteiger partial charge in [0.1, 0.15) is 23.9 Å². The lowest BCUT2D eigenvalue weighted by atomic mass is 9.95. The van der Waals surface area contributed by atoms with Gasteiger partial charge >= 0.3 is 0 Å². The van der Waals surface area contributed by atoms with Crippen molar-refractivity contribution in [2.24, 2.45) is 0 Å². The molecule has 2 aromatic carbocycles. The van der Waals surface area contributed by atoms with Crippen molar-refractivity contribution in [2.75, 3.05) is 27.2 Å². The lowest BCUT2D eigenvalue weighted by Crippen LogP contribution is -2.49. The maximum absolute atomic E-state index is 13.5. The van der Waals surface area contributed by atoms with Crippen molar-refractivity contribution in [2.45, 2.75) is 50.6 Å². The van der Waals surface area contributed by atoms with E-state index >= 15 is 0 Å². The zero-order valence-corrected chi connectivity index (χ0v) is 23.1. The van der Waals surface area contributed by atoms with Gasteiger partial charge in [0.15, 0.2) is 0 Å². The van der Waals surface area contributed by atoms with E-state index in [0.29, 0.717) is 31.1 Å². The Hall–Kier alpha value is -4.11. The number of amides is 2. The predicted octanol–water partition coefficient (Wildman–Crippen LogP) is 4.53. The zero-order chi connectivity index (χ0) is 28.1. The van der Waals surface area contributed by atoms with Gasteiger partial charge in [0.05, 0.1) is 22.9 Å². The molecule has 1 saturated carbocycles. The molecular formula is C31H37N5O4. The second-order valence-corrected chi connectivity index (χ2v) is 10.8. The van der Waals surface area contributed by atoms with E-state index in [4.69, 9.17) is 9.40 Å². The summed E-state index contributed by atoms with van der Waals surface area (Å²) in [6, 6.07) is 13.7. The summed E-state index contributed by atoms with van der Waals surface area (Å²) in [6.07, 6.45) is 9.48. The number of aromatic nitrogens is 2. The number of likely N-dealkylation sites (N-methyl/N-ethyl adjacent to an activating group) is 1. The van der Waals surface area contributed by atoms with Crippen molar-refractivity contribution in [3.8, 4) is 17.1 Å². The number of imidazole rings is 1. The standard InChI is InChI=1S/C31H37N5O4/c1-35(2)16-15-32-31(39)27(18-21-8-11-25(37)12-9-21)34-30(38)22-10-13-28-26(19-22)33-29(23-14-17-40-20-23)36(28)24-6-4-3-5-7-24/h8-14,17,19-20,24,27,37H,3-7,15-16,18H2,1-2H3,(H,32,39)(H,34,38)/t27-/m0/s1. The molecule has 1 atom stereocenters. The van der Waals surface area contributed by atoms with Gasteiger partial charge in [0, 0.05) is 31.1 Å². The van der Waals surface area contributed by atoms with Crippen LogP contribution in [0.25, 0.3) is 22.4 Å². The normalized spacial score (nSPS) is 14.9. The number of fused-ring (bicyclic) bond motifs is 1. The number of phenols is 1. The number of hydrogen-bond acceptors (Lipinski definition) is 6. The van der Waals surface area contributed by atoms with Crippen LogP contribution in [0.3, 0.4) is 0 Å². The van der Waals surface area contributed by atoms with Crippen LogP contribution in [-0.2, 0) is 11.2 Å². The second kappa shape index (κ2) is 12.4. The van der Waals surface area contributed by atoms with Crippen LogP contribution in [-0.4, -0.2) is 64.6 Å². The fourth-order valence-electron chi connectivity index (χ4n) is 5.39. The molecule has 9 heteroatoms. The molecule has 0 unspecified atom stereocenters. The highest BCUT2D eigenvalue weighted by Crippen LogP contribution is 2.36. The van der Waals surface area contributed by atoms with Crippen molar-refractivity contribution in [3.05, 3.63) is 72.2 Å². The monoisotopic (exact) mass is 543 g/mol. The minimum atomic E-state index is -0.781. The quantitative estimate of drug-likeness (QED) is 0.271. The van der Waals surface area contributed by atoms with E-state index in [1.807, 2.05) is 31.1 Å². The lowest BCUT2D eigenvalue weighted by Gasteiger charge is -2.25. The van der Waals surface area contributed by atoms with Crippen molar-refractivity contribution < 1.29 is 19.1 Å². The van der Waals surface area contributed by atoms with Crippen LogP contribution in [0.2, 0.25) is 0 Å². The molecule has 40 heavy (non-hydrogen) atoms. The Labute approximate surface area is 234 Å². The predicted molar refractivity (Wildman–Crippen MR) is 154 cm³/mol. The third-order valence-electron chi connectivity index (χ3n) is 7.53. The van der Waals surface area contributed by atoms with Crippen LogP contribution >= 0.6 is 0 Å². The Morgan fingerprint density at radius 2 is 1.88 bits per heavy atom. The smallest absolute Gasteiger partial charge is 0.252 e. The van der Waals surface area contributed by atoms with E-state index in [1.54, 1.807) is 48.9 Å². The van der Waals surface area contributed by atoms with Gasteiger partial charge in [-0.05, 0) is 68.9 Å². The summed E-state index contributed by atoms with van der Waals surface area (Å²) in [5.74, 6) is 0.396. The first kappa shape index (κ1) is 27.5. The van der Waals surface area contributed by atoms with E-state index in [9.17, 15) is 14.7 Å². The molecule has 2 heterocycles. The summed E-state index contributed by atoms with van der Waals surface area (Å²) in [4.78, 5) is 33.5. The van der Waals surface area contributed by atoms with Gasteiger partial charge in [-0.25, -0.2) is 4.98 Å². The van der Waals surface area contributed by atoms with E-state index in [0.717, 1.165) is 40.8 Å². The molecule has 5 rings (SSSR count). The molecule has 0 radical (unpaired) electrons. The van der Waals surface area contributed by atoms with E-state index < -0.39 is 6.04 Å². The SMILES string of the molecule is CN(C)CCNC(=O)[C@H](Cc1ccc(O)cc1)NC(=O)c1ccc2c(c1)nc(-c1ccoc1)n2C1CCCCC1. The molecule has 210 valence electrons. The van der Waals surface area contributed by atoms with Gasteiger partial charge in [-0.2, -0.15) is 0 Å². The molecule has 1 fully saturated rings. The third kappa shape index (κ3) is 6.37. The topological polar surface area (TPSA) is 113 Å². The van der Waals surface area contributed by atoms with Gasteiger partial charge in [-0.1, -0.05) is 31.4 Å². The highest BCUT2D eigenvalue weighted by molar-refractivity contribution is 6.00. The zero-order valence-electron chi connectivity index (χ0n) is 23.1. The van der Waals surface area contributed by atoms with Crippen LogP contribution in [0.1, 0.15) is 54.1 Å². The van der Waals surface area contributed by atoms with Gasteiger partial charge in [0.25, 0.3) is 5.91 Å². The number of nitrogens with zero attached hydrogens (tertiary/aromatic N) is 3. The summed E-state index contributed by atoms with van der Waals surface area (Å²) in [6.45, 7) is 1.15. The number of furan rings is 1. The van der Waals surface area contributed by atoms with Crippen LogP contribution < -0.4 is 10.6 Å². The highest BCUT2D eigenvalue weighted by Gasteiger charge is 2.25. The van der Waals surface area contributed by atoms with E-state index in [1.165, 1.54) is 19.3 Å². The number of benzene rings is 2. The summed E-state index contributed by atoms with van der Waals surface area (Å²) >= 11 is 0. The van der Waals surface area contributed by atoms with Crippen molar-refractivity contribution in [1.29, 1.82) is 0 Å². The average Bonchev–Trinajstić information content (AvgIpc) is 3.62. The number of hydrogen-bond donors (Lipinski definition) is 3. The third-order valence-corrected chi connectivity index (χ3v) is 7.53. The fourth-order valence-corrected chi connectivity index (χ4v) is 5.39. The molecule has 9 nitrogen and oxygen atoms in total. The molecule has 0 saturated heterocycles. The summed E-state index contributed by atoms with van der Waals surface area (Å²) in [5.41, 5.74) is 3.91. The molecular weight excluding hydrogens is 506 g/mol. The number of phenolic OH excluding ortho intramolecular Hbond substituents is 1. The number of rotatable bonds is 10. The fraction of sp³-hybridized carbons (Fsp3) is 0.387. The maximum atomic E-state index is 13.5. The summed E-state index contributed by atoms with van der Waals surface area (Å²) in [5, 5.41) is 15.5. The number of nitrogens with one attached hydrogen (secondary N) is 2. The molecule has 4 aromatic rings. The molecule has 0 spiro atoms. The van der Waals surface area contributed by atoms with Crippen LogP contribution in [0.15, 0.2) is 65.5 Å². The molecule has 3 N–H and O–H groups in total. The minimum Gasteiger partial charge on any atom is -0.508 e. The Kier molecular flexibility index (Phi) is 8.50. The Morgan fingerprint density at radius 3 is 2.58 bits per heavy atom. The molecule has 0 bridgehead atoms. The van der Waals surface area contributed by atoms with E-state index in [2.05, 4.69) is 15.2 Å². The van der Waals surface area contributed by atoms with Gasteiger partial charge in [-0.15, -0.1) is 0 Å². The highest BCUT2D eigenvalue weighted by atomic mass is 16.3. The van der Waals surface area contributed by atoms with Crippen molar-refractivity contribution in [1.82, 2.24) is 25.1 Å². The minimum absolute atomic E-state index is 0.149. The van der Waals surface area contributed by atoms with Crippen molar-refractivity contribution in [3.63, 3.8) is 0 Å². The first-order valence-corrected chi connectivity index (χ1v) is 13.9. The average molecular weight is 544 g/mol. The molecule has 1 aliphatic rings.